The number of anilines is 2. The van der Waals surface area contributed by atoms with Crippen LogP contribution in [0.3, 0.4) is 0 Å². The second-order valence-electron chi connectivity index (χ2n) is 9.51. The van der Waals surface area contributed by atoms with Crippen molar-refractivity contribution in [3.8, 4) is 0 Å². The molecule has 0 aromatic heterocycles. The van der Waals surface area contributed by atoms with E-state index < -0.39 is 26.0 Å². The first-order valence-corrected chi connectivity index (χ1v) is 14.9. The highest BCUT2D eigenvalue weighted by atomic mass is 32.2. The number of carbonyl (C=O) groups excluding carboxylic acids is 1. The van der Waals surface area contributed by atoms with Crippen molar-refractivity contribution in [2.45, 2.75) is 43.7 Å². The van der Waals surface area contributed by atoms with E-state index in [0.717, 1.165) is 18.7 Å². The Morgan fingerprint density at radius 2 is 1.97 bits per heavy atom. The van der Waals surface area contributed by atoms with E-state index in [1.807, 2.05) is 0 Å². The average Bonchev–Trinajstić information content (AvgIpc) is 3.28. The number of nitrogens with one attached hydrogen (secondary N) is 2. The van der Waals surface area contributed by atoms with Crippen molar-refractivity contribution in [3.05, 3.63) is 64.7 Å². The van der Waals surface area contributed by atoms with Gasteiger partial charge in [-0.2, -0.15) is 8.42 Å². The van der Waals surface area contributed by atoms with E-state index in [2.05, 4.69) is 14.4 Å². The molecule has 3 aliphatic rings. The Bertz CT molecular complexity index is 1600. The third-order valence-electron chi connectivity index (χ3n) is 6.80. The molecule has 0 radical (unpaired) electrons. The van der Waals surface area contributed by atoms with E-state index in [1.54, 1.807) is 24.0 Å². The Balaban J connectivity index is 1.53. The molecule has 5 rings (SSSR count). The van der Waals surface area contributed by atoms with Gasteiger partial charge in [0.05, 0.1) is 11.9 Å². The summed E-state index contributed by atoms with van der Waals surface area (Å²) in [4.78, 5) is 15.0. The van der Waals surface area contributed by atoms with Gasteiger partial charge in [-0.25, -0.2) is 12.8 Å². The van der Waals surface area contributed by atoms with E-state index in [4.69, 9.17) is 0 Å². The van der Waals surface area contributed by atoms with Gasteiger partial charge in [0, 0.05) is 24.2 Å². The minimum atomic E-state index is -4.34. The fraction of sp³-hybridized carbons (Fsp3) is 0.333. The average molecular weight is 549 g/mol. The Morgan fingerprint density at radius 3 is 2.68 bits per heavy atom. The number of aryl methyl sites for hydroxylation is 1. The second kappa shape index (κ2) is 8.84. The van der Waals surface area contributed by atoms with E-state index in [9.17, 15) is 31.1 Å². The number of halogens is 1. The molecule has 1 amide bonds. The summed E-state index contributed by atoms with van der Waals surface area (Å²) in [6.07, 6.45) is 3.00. The van der Waals surface area contributed by atoms with Crippen molar-refractivity contribution in [2.24, 2.45) is 10.3 Å². The van der Waals surface area contributed by atoms with Crippen molar-refractivity contribution >= 4 is 43.2 Å². The number of amidine groups is 1. The molecule has 2 aromatic rings. The van der Waals surface area contributed by atoms with Crippen LogP contribution in [-0.2, 0) is 31.4 Å². The molecule has 0 bridgehead atoms. The Morgan fingerprint density at radius 1 is 1.22 bits per heavy atom. The SMILES string of the molecule is Cc1cc(CN2C(=O)C(C3=NS(=O)(=O)c4cc(NS(C)(=O)=O)ccc4N3)=C(O)[C@H]3CCC[C@H]32)ccc1F. The van der Waals surface area contributed by atoms with Crippen LogP contribution in [0.15, 0.2) is 57.0 Å². The molecular formula is C24H25FN4O6S2. The topological polar surface area (TPSA) is 145 Å². The van der Waals surface area contributed by atoms with Crippen molar-refractivity contribution in [1.82, 2.24) is 4.90 Å². The Kier molecular flexibility index (Phi) is 6.02. The number of rotatable bonds is 5. The predicted molar refractivity (Wildman–Crippen MR) is 136 cm³/mol. The minimum absolute atomic E-state index is 0.0376. The lowest BCUT2D eigenvalue weighted by molar-refractivity contribution is -0.132. The first kappa shape index (κ1) is 25.2. The van der Waals surface area contributed by atoms with Crippen LogP contribution in [0.2, 0.25) is 0 Å². The summed E-state index contributed by atoms with van der Waals surface area (Å²) >= 11 is 0. The van der Waals surface area contributed by atoms with Gasteiger partial charge >= 0.3 is 0 Å². The van der Waals surface area contributed by atoms with Gasteiger partial charge in [0.25, 0.3) is 15.9 Å². The van der Waals surface area contributed by atoms with Crippen molar-refractivity contribution in [1.29, 1.82) is 0 Å². The van der Waals surface area contributed by atoms with Gasteiger partial charge in [0.1, 0.15) is 22.0 Å². The van der Waals surface area contributed by atoms with E-state index in [0.29, 0.717) is 24.0 Å². The summed E-state index contributed by atoms with van der Waals surface area (Å²) in [6.45, 7) is 1.79. The number of nitrogens with zero attached hydrogens (tertiary/aromatic N) is 2. The zero-order valence-electron chi connectivity index (χ0n) is 20.0. The molecule has 2 heterocycles. The quantitative estimate of drug-likeness (QED) is 0.521. The fourth-order valence-corrected chi connectivity index (χ4v) is 6.88. The maximum absolute atomic E-state index is 13.8. The van der Waals surface area contributed by atoms with Gasteiger partial charge in [-0.05, 0) is 55.2 Å². The van der Waals surface area contributed by atoms with Crippen LogP contribution in [0.25, 0.3) is 0 Å². The summed E-state index contributed by atoms with van der Waals surface area (Å²) in [7, 11) is -7.98. The normalized spacial score (nSPS) is 22.7. The van der Waals surface area contributed by atoms with E-state index >= 15 is 0 Å². The first-order valence-electron chi connectivity index (χ1n) is 11.6. The number of hydrogen-bond donors (Lipinski definition) is 3. The number of amides is 1. The Hall–Kier alpha value is -3.45. The molecule has 1 aliphatic carbocycles. The molecule has 37 heavy (non-hydrogen) atoms. The van der Waals surface area contributed by atoms with Crippen LogP contribution < -0.4 is 10.0 Å². The number of aliphatic hydroxyl groups excluding tert-OH is 1. The van der Waals surface area contributed by atoms with Crippen LogP contribution in [0.4, 0.5) is 15.8 Å². The van der Waals surface area contributed by atoms with Crippen molar-refractivity contribution < 1.29 is 31.1 Å². The number of aliphatic hydroxyl groups is 1. The number of sulfonamides is 2. The molecule has 3 N–H and O–H groups in total. The molecule has 2 aliphatic heterocycles. The molecule has 2 aromatic carbocycles. The second-order valence-corrected chi connectivity index (χ2v) is 12.8. The van der Waals surface area contributed by atoms with Gasteiger partial charge < -0.3 is 15.3 Å². The molecule has 1 fully saturated rings. The molecule has 0 saturated heterocycles. The third-order valence-corrected chi connectivity index (χ3v) is 8.72. The predicted octanol–water partition coefficient (Wildman–Crippen LogP) is 3.04. The van der Waals surface area contributed by atoms with Crippen LogP contribution in [0.1, 0.15) is 30.4 Å². The van der Waals surface area contributed by atoms with Crippen LogP contribution in [-0.4, -0.2) is 50.9 Å². The summed E-state index contributed by atoms with van der Waals surface area (Å²) in [5.41, 5.74) is 1.05. The van der Waals surface area contributed by atoms with Crippen molar-refractivity contribution in [3.63, 3.8) is 0 Å². The maximum Gasteiger partial charge on any atom is 0.286 e. The monoisotopic (exact) mass is 548 g/mol. The largest absolute Gasteiger partial charge is 0.511 e. The number of carbonyl (C=O) groups is 1. The highest BCUT2D eigenvalue weighted by Gasteiger charge is 2.46. The lowest BCUT2D eigenvalue weighted by Gasteiger charge is -2.39. The van der Waals surface area contributed by atoms with Crippen LogP contribution in [0.5, 0.6) is 0 Å². The zero-order chi connectivity index (χ0) is 26.7. The third kappa shape index (κ3) is 4.68. The number of benzene rings is 2. The summed E-state index contributed by atoms with van der Waals surface area (Å²) in [5.74, 6) is -1.83. The standard InChI is InChI=1S/C24H25FN4O6S2/c1-13-10-14(6-8-17(13)25)12-29-19-5-3-4-16(19)22(30)21(24(29)31)23-26-18-9-7-15(27-36(2,32)33)11-20(18)37(34,35)28-23/h6-11,16,19,27,30H,3-5,12H2,1-2H3,(H,26,28)/t16-,19+/m0/s1. The van der Waals surface area contributed by atoms with Gasteiger partial charge in [-0.3, -0.25) is 9.52 Å². The molecule has 0 unspecified atom stereocenters. The molecule has 196 valence electrons. The Labute approximate surface area is 214 Å². The van der Waals surface area contributed by atoms with Crippen LogP contribution >= 0.6 is 0 Å². The molecule has 13 heteroatoms. The molecule has 10 nitrogen and oxygen atoms in total. The summed E-state index contributed by atoms with van der Waals surface area (Å²) in [5, 5.41) is 13.9. The molecule has 0 spiro atoms. The first-order chi connectivity index (χ1) is 17.3. The van der Waals surface area contributed by atoms with Gasteiger partial charge in [-0.15, -0.1) is 4.40 Å². The van der Waals surface area contributed by atoms with Crippen LogP contribution in [0, 0.1) is 18.7 Å². The molecule has 2 atom stereocenters. The van der Waals surface area contributed by atoms with E-state index in [-0.39, 0.29) is 57.8 Å². The molecular weight excluding hydrogens is 523 g/mol. The fourth-order valence-electron chi connectivity index (χ4n) is 5.18. The number of hydrogen-bond acceptors (Lipinski definition) is 7. The van der Waals surface area contributed by atoms with E-state index in [1.165, 1.54) is 18.2 Å². The highest BCUT2D eigenvalue weighted by molar-refractivity contribution is 7.92. The van der Waals surface area contributed by atoms with Gasteiger partial charge in [-0.1, -0.05) is 18.6 Å². The lowest BCUT2D eigenvalue weighted by Crippen LogP contribution is -2.49. The maximum atomic E-state index is 13.8. The molecule has 1 saturated carbocycles. The highest BCUT2D eigenvalue weighted by Crippen LogP contribution is 2.42. The number of fused-ring (bicyclic) bond motifs is 2. The zero-order valence-corrected chi connectivity index (χ0v) is 21.7. The smallest absolute Gasteiger partial charge is 0.286 e. The van der Waals surface area contributed by atoms with Gasteiger partial charge in [0.2, 0.25) is 10.0 Å². The van der Waals surface area contributed by atoms with Crippen molar-refractivity contribution in [2.75, 3.05) is 16.3 Å². The summed E-state index contributed by atoms with van der Waals surface area (Å²) in [6, 6.07) is 8.17. The summed E-state index contributed by atoms with van der Waals surface area (Å²) < 4.78 is 69.0. The van der Waals surface area contributed by atoms with Gasteiger partial charge in [0.15, 0.2) is 5.84 Å². The lowest BCUT2D eigenvalue weighted by atomic mass is 9.89. The minimum Gasteiger partial charge on any atom is -0.511 e.